The molecule has 0 aliphatic rings. The summed E-state index contributed by atoms with van der Waals surface area (Å²) in [5.41, 5.74) is 2.21. The SMILES string of the molecule is CCO[Si](OCC)(OCC)c1cc(C)ccc1SSc1nc2ccccc2s1. The van der Waals surface area contributed by atoms with Crippen LogP contribution in [-0.2, 0) is 13.3 Å². The third kappa shape index (κ3) is 4.99. The topological polar surface area (TPSA) is 40.6 Å². The van der Waals surface area contributed by atoms with Crippen LogP contribution in [0.1, 0.15) is 26.3 Å². The number of para-hydroxylation sites is 1. The van der Waals surface area contributed by atoms with Crippen LogP contribution in [0.2, 0.25) is 0 Å². The first-order chi connectivity index (χ1) is 13.6. The number of benzene rings is 2. The summed E-state index contributed by atoms with van der Waals surface area (Å²) in [5, 5.41) is 1.04. The summed E-state index contributed by atoms with van der Waals surface area (Å²) in [6, 6.07) is 14.6. The molecule has 0 fully saturated rings. The Kier molecular flexibility index (Phi) is 7.99. The van der Waals surface area contributed by atoms with E-state index in [0.29, 0.717) is 19.8 Å². The van der Waals surface area contributed by atoms with Crippen LogP contribution in [0.4, 0.5) is 0 Å². The molecule has 0 atom stereocenters. The Balaban J connectivity index is 1.92. The molecule has 0 radical (unpaired) electrons. The molecule has 0 aliphatic carbocycles. The summed E-state index contributed by atoms with van der Waals surface area (Å²) in [7, 11) is 0.388. The first-order valence-corrected chi connectivity index (χ1v) is 14.0. The molecule has 0 saturated carbocycles. The van der Waals surface area contributed by atoms with Gasteiger partial charge in [0.15, 0.2) is 4.34 Å². The van der Waals surface area contributed by atoms with Gasteiger partial charge in [-0.3, -0.25) is 0 Å². The van der Waals surface area contributed by atoms with Gasteiger partial charge in [0.1, 0.15) is 0 Å². The van der Waals surface area contributed by atoms with Crippen molar-refractivity contribution in [2.75, 3.05) is 19.8 Å². The highest BCUT2D eigenvalue weighted by atomic mass is 33.1. The van der Waals surface area contributed by atoms with Gasteiger partial charge in [0.25, 0.3) is 0 Å². The largest absolute Gasteiger partial charge is 0.538 e. The van der Waals surface area contributed by atoms with Crippen LogP contribution in [0.5, 0.6) is 0 Å². The minimum atomic E-state index is -2.97. The summed E-state index contributed by atoms with van der Waals surface area (Å²) in [5.74, 6) is 0. The highest BCUT2D eigenvalue weighted by Crippen LogP contribution is 2.41. The summed E-state index contributed by atoms with van der Waals surface area (Å²) < 4.78 is 20.7. The zero-order chi connectivity index (χ0) is 20.0. The first-order valence-electron chi connectivity index (χ1n) is 9.35. The van der Waals surface area contributed by atoms with E-state index >= 15 is 0 Å². The molecule has 0 amide bonds. The van der Waals surface area contributed by atoms with Crippen molar-refractivity contribution in [2.24, 2.45) is 0 Å². The third-order valence-electron chi connectivity index (χ3n) is 3.95. The molecule has 0 unspecified atom stereocenters. The van der Waals surface area contributed by atoms with E-state index in [1.807, 2.05) is 32.9 Å². The van der Waals surface area contributed by atoms with Gasteiger partial charge >= 0.3 is 8.80 Å². The fraction of sp³-hybridized carbons (Fsp3) is 0.350. The molecule has 4 nitrogen and oxygen atoms in total. The van der Waals surface area contributed by atoms with Crippen molar-refractivity contribution >= 4 is 57.1 Å². The van der Waals surface area contributed by atoms with Crippen LogP contribution < -0.4 is 5.19 Å². The van der Waals surface area contributed by atoms with E-state index in [2.05, 4.69) is 37.3 Å². The molecule has 28 heavy (non-hydrogen) atoms. The van der Waals surface area contributed by atoms with Crippen LogP contribution in [0.15, 0.2) is 51.7 Å². The molecule has 0 bridgehead atoms. The minimum absolute atomic E-state index is 0.551. The number of hydrogen-bond acceptors (Lipinski definition) is 7. The lowest BCUT2D eigenvalue weighted by atomic mass is 10.2. The molecule has 0 saturated heterocycles. The molecule has 0 spiro atoms. The number of rotatable bonds is 10. The Morgan fingerprint density at radius 2 is 1.61 bits per heavy atom. The number of aromatic nitrogens is 1. The highest BCUT2D eigenvalue weighted by molar-refractivity contribution is 8.77. The quantitative estimate of drug-likeness (QED) is 0.293. The molecule has 150 valence electrons. The number of thiazole rings is 1. The van der Waals surface area contributed by atoms with Gasteiger partial charge < -0.3 is 13.3 Å². The lowest BCUT2D eigenvalue weighted by Crippen LogP contribution is -2.57. The Bertz CT molecular complexity index is 869. The second-order valence-corrected chi connectivity index (χ2v) is 11.9. The van der Waals surface area contributed by atoms with Gasteiger partial charge in [-0.1, -0.05) is 40.6 Å². The van der Waals surface area contributed by atoms with Gasteiger partial charge in [0.05, 0.1) is 10.2 Å². The van der Waals surface area contributed by atoms with Crippen LogP contribution in [0, 0.1) is 6.92 Å². The Hall–Kier alpha value is -0.873. The van der Waals surface area contributed by atoms with E-state index in [-0.39, 0.29) is 0 Å². The van der Waals surface area contributed by atoms with E-state index in [9.17, 15) is 0 Å². The van der Waals surface area contributed by atoms with Crippen LogP contribution in [0.3, 0.4) is 0 Å². The zero-order valence-corrected chi connectivity index (χ0v) is 20.0. The molecular formula is C20H25NO3S3Si. The normalized spacial score (nSPS) is 12.0. The van der Waals surface area contributed by atoms with Gasteiger partial charge in [0.2, 0.25) is 0 Å². The third-order valence-corrected chi connectivity index (χ3v) is 11.0. The zero-order valence-electron chi connectivity index (χ0n) is 16.6. The lowest BCUT2D eigenvalue weighted by molar-refractivity contribution is 0.0854. The monoisotopic (exact) mass is 451 g/mol. The predicted molar refractivity (Wildman–Crippen MR) is 123 cm³/mol. The number of aryl methyl sites for hydroxylation is 1. The highest BCUT2D eigenvalue weighted by Gasteiger charge is 2.45. The first kappa shape index (κ1) is 21.8. The van der Waals surface area contributed by atoms with E-state index in [4.69, 9.17) is 18.3 Å². The smallest absolute Gasteiger partial charge is 0.370 e. The number of fused-ring (bicyclic) bond motifs is 1. The number of nitrogens with zero attached hydrogens (tertiary/aromatic N) is 1. The minimum Gasteiger partial charge on any atom is -0.370 e. The van der Waals surface area contributed by atoms with Crippen molar-refractivity contribution in [1.29, 1.82) is 0 Å². The van der Waals surface area contributed by atoms with Gasteiger partial charge in [0, 0.05) is 29.9 Å². The van der Waals surface area contributed by atoms with E-state index in [1.165, 1.54) is 10.3 Å². The summed E-state index contributed by atoms with van der Waals surface area (Å²) in [4.78, 5) is 5.83. The van der Waals surface area contributed by atoms with E-state index in [1.54, 1.807) is 32.9 Å². The fourth-order valence-corrected chi connectivity index (χ4v) is 9.56. The van der Waals surface area contributed by atoms with Crippen molar-refractivity contribution in [2.45, 2.75) is 36.9 Å². The molecule has 1 heterocycles. The molecule has 8 heteroatoms. The second-order valence-electron chi connectivity index (χ2n) is 5.97. The molecule has 2 aromatic carbocycles. The van der Waals surface area contributed by atoms with Crippen LogP contribution in [0.25, 0.3) is 10.2 Å². The maximum atomic E-state index is 6.15. The molecule has 3 aromatic rings. The summed E-state index contributed by atoms with van der Waals surface area (Å²) in [6.07, 6.45) is 0. The van der Waals surface area contributed by atoms with Gasteiger partial charge in [-0.2, -0.15) is 0 Å². The maximum absolute atomic E-state index is 6.15. The van der Waals surface area contributed by atoms with Crippen molar-refractivity contribution in [3.05, 3.63) is 48.0 Å². The Labute approximate surface area is 179 Å². The van der Waals surface area contributed by atoms with Crippen molar-refractivity contribution in [3.8, 4) is 0 Å². The van der Waals surface area contributed by atoms with Gasteiger partial charge in [-0.25, -0.2) is 4.98 Å². The van der Waals surface area contributed by atoms with Crippen molar-refractivity contribution in [3.63, 3.8) is 0 Å². The molecule has 3 rings (SSSR count). The van der Waals surface area contributed by atoms with Gasteiger partial charge in [-0.05, 0) is 56.7 Å². The van der Waals surface area contributed by atoms with Crippen molar-refractivity contribution < 1.29 is 13.3 Å². The molecule has 0 aliphatic heterocycles. The standard InChI is InChI=1S/C20H25NO3S3Si/c1-5-22-28(23-6-2,24-7-3)19-14-15(4)12-13-18(19)26-27-20-21-16-10-8-9-11-17(16)25-20/h8-14H,5-7H2,1-4H3. The second kappa shape index (κ2) is 10.2. The average Bonchev–Trinajstić information content (AvgIpc) is 3.10. The van der Waals surface area contributed by atoms with Crippen LogP contribution in [-0.4, -0.2) is 33.6 Å². The van der Waals surface area contributed by atoms with Crippen LogP contribution >= 0.6 is 32.9 Å². The van der Waals surface area contributed by atoms with Gasteiger partial charge in [-0.15, -0.1) is 11.3 Å². The van der Waals surface area contributed by atoms with E-state index in [0.717, 1.165) is 19.9 Å². The molecule has 0 N–H and O–H groups in total. The lowest BCUT2D eigenvalue weighted by Gasteiger charge is -2.30. The average molecular weight is 452 g/mol. The van der Waals surface area contributed by atoms with E-state index < -0.39 is 8.80 Å². The summed E-state index contributed by atoms with van der Waals surface area (Å²) in [6.45, 7) is 9.69. The number of hydrogen-bond donors (Lipinski definition) is 0. The molecular weight excluding hydrogens is 427 g/mol. The fourth-order valence-electron chi connectivity index (χ4n) is 2.85. The molecule has 1 aromatic heterocycles. The van der Waals surface area contributed by atoms with Crippen molar-refractivity contribution in [1.82, 2.24) is 4.98 Å². The Morgan fingerprint density at radius 3 is 2.25 bits per heavy atom. The Morgan fingerprint density at radius 1 is 0.929 bits per heavy atom. The predicted octanol–water partition coefficient (Wildman–Crippen LogP) is 5.66. The summed E-state index contributed by atoms with van der Waals surface area (Å²) >= 11 is 1.71. The maximum Gasteiger partial charge on any atom is 0.538 e.